The molecular formula is C12H19N. The van der Waals surface area contributed by atoms with E-state index >= 15 is 0 Å². The lowest BCUT2D eigenvalue weighted by molar-refractivity contribution is 0.168. The third-order valence-electron chi connectivity index (χ3n) is 3.37. The van der Waals surface area contributed by atoms with Gasteiger partial charge in [-0.1, -0.05) is 30.9 Å². The molecule has 2 rings (SSSR count). The van der Waals surface area contributed by atoms with Crippen LogP contribution in [0.1, 0.15) is 38.5 Å². The summed E-state index contributed by atoms with van der Waals surface area (Å²) in [7, 11) is 0. The topological polar surface area (TPSA) is 3.24 Å². The van der Waals surface area contributed by atoms with E-state index in [1.807, 2.05) is 0 Å². The van der Waals surface area contributed by atoms with Crippen molar-refractivity contribution in [1.82, 2.24) is 4.90 Å². The third kappa shape index (κ3) is 2.34. The number of hydrogen-bond donors (Lipinski definition) is 0. The predicted molar refractivity (Wildman–Crippen MR) is 55.4 cm³/mol. The molecule has 1 aliphatic heterocycles. The summed E-state index contributed by atoms with van der Waals surface area (Å²) in [6.07, 6.45) is 10.4. The lowest BCUT2D eigenvalue weighted by atomic mass is 9.93. The van der Waals surface area contributed by atoms with Crippen LogP contribution in [0.5, 0.6) is 0 Å². The highest BCUT2D eigenvalue weighted by Crippen LogP contribution is 2.24. The van der Waals surface area contributed by atoms with Crippen LogP contribution in [0.15, 0.2) is 11.6 Å². The molecule has 0 bridgehead atoms. The molecule has 0 amide bonds. The third-order valence-corrected chi connectivity index (χ3v) is 3.37. The molecule has 1 heteroatoms. The summed E-state index contributed by atoms with van der Waals surface area (Å²) < 4.78 is 0. The molecule has 0 unspecified atom stereocenters. The van der Waals surface area contributed by atoms with Crippen molar-refractivity contribution in [3.8, 4) is 0 Å². The van der Waals surface area contributed by atoms with E-state index in [-0.39, 0.29) is 0 Å². The average molecular weight is 177 g/mol. The maximum Gasteiger partial charge on any atom is 0.0169 e. The van der Waals surface area contributed by atoms with E-state index in [0.717, 1.165) is 24.6 Å². The SMILES string of the molecule is [CH]C1=CCN(C2CCCCC2)CC1. The summed E-state index contributed by atoms with van der Waals surface area (Å²) in [5, 5.41) is 0. The number of hydrogen-bond acceptors (Lipinski definition) is 1. The summed E-state index contributed by atoms with van der Waals surface area (Å²) in [5.41, 5.74) is 1.09. The van der Waals surface area contributed by atoms with E-state index in [2.05, 4.69) is 11.0 Å². The van der Waals surface area contributed by atoms with Crippen molar-refractivity contribution in [2.45, 2.75) is 44.6 Å². The Hall–Kier alpha value is -0.300. The van der Waals surface area contributed by atoms with Gasteiger partial charge in [0.25, 0.3) is 0 Å². The Morgan fingerprint density at radius 1 is 1.23 bits per heavy atom. The van der Waals surface area contributed by atoms with E-state index in [0.29, 0.717) is 0 Å². The molecule has 0 aromatic heterocycles. The maximum absolute atomic E-state index is 5.76. The van der Waals surface area contributed by atoms with Gasteiger partial charge < -0.3 is 0 Å². The van der Waals surface area contributed by atoms with E-state index < -0.39 is 0 Å². The summed E-state index contributed by atoms with van der Waals surface area (Å²) in [5.74, 6) is 0. The van der Waals surface area contributed by atoms with Crippen molar-refractivity contribution < 1.29 is 0 Å². The van der Waals surface area contributed by atoms with Gasteiger partial charge in [0.2, 0.25) is 0 Å². The van der Waals surface area contributed by atoms with Crippen LogP contribution < -0.4 is 0 Å². The molecule has 1 aliphatic carbocycles. The molecule has 0 aromatic carbocycles. The zero-order valence-corrected chi connectivity index (χ0v) is 8.34. The van der Waals surface area contributed by atoms with E-state index in [1.165, 1.54) is 38.6 Å². The van der Waals surface area contributed by atoms with Gasteiger partial charge in [0.1, 0.15) is 0 Å². The largest absolute Gasteiger partial charge is 0.296 e. The Labute approximate surface area is 81.8 Å². The fraction of sp³-hybridized carbons (Fsp3) is 0.750. The van der Waals surface area contributed by atoms with E-state index in [4.69, 9.17) is 6.92 Å². The molecule has 0 saturated heterocycles. The molecule has 2 aliphatic rings. The van der Waals surface area contributed by atoms with Crippen LogP contribution in [0.3, 0.4) is 0 Å². The fourth-order valence-electron chi connectivity index (χ4n) is 2.48. The Morgan fingerprint density at radius 2 is 2.00 bits per heavy atom. The minimum Gasteiger partial charge on any atom is -0.296 e. The summed E-state index contributed by atoms with van der Waals surface area (Å²) >= 11 is 0. The van der Waals surface area contributed by atoms with Crippen LogP contribution in [0.25, 0.3) is 0 Å². The molecule has 1 heterocycles. The van der Waals surface area contributed by atoms with Crippen LogP contribution in [0.2, 0.25) is 0 Å². The molecular weight excluding hydrogens is 158 g/mol. The van der Waals surface area contributed by atoms with Crippen LogP contribution in [0, 0.1) is 6.92 Å². The van der Waals surface area contributed by atoms with E-state index in [1.54, 1.807) is 0 Å². The molecule has 0 N–H and O–H groups in total. The zero-order valence-electron chi connectivity index (χ0n) is 8.34. The minimum absolute atomic E-state index is 0.859. The summed E-state index contributed by atoms with van der Waals surface area (Å²) in [6.45, 7) is 8.04. The molecule has 1 nitrogen and oxygen atoms in total. The van der Waals surface area contributed by atoms with Crippen LogP contribution >= 0.6 is 0 Å². The Kier molecular flexibility index (Phi) is 3.05. The van der Waals surface area contributed by atoms with Gasteiger partial charge in [-0.3, -0.25) is 4.90 Å². The van der Waals surface area contributed by atoms with Crippen molar-refractivity contribution in [3.63, 3.8) is 0 Å². The smallest absolute Gasteiger partial charge is 0.0169 e. The van der Waals surface area contributed by atoms with Gasteiger partial charge in [-0.25, -0.2) is 0 Å². The predicted octanol–water partition coefficient (Wildman–Crippen LogP) is 2.66. The van der Waals surface area contributed by atoms with Crippen molar-refractivity contribution in [2.24, 2.45) is 0 Å². The average Bonchev–Trinajstić information content (AvgIpc) is 2.20. The first-order valence-electron chi connectivity index (χ1n) is 5.55. The van der Waals surface area contributed by atoms with Gasteiger partial charge in [0, 0.05) is 19.1 Å². The molecule has 2 radical (unpaired) electrons. The van der Waals surface area contributed by atoms with Crippen LogP contribution in [0.4, 0.5) is 0 Å². The van der Waals surface area contributed by atoms with Crippen molar-refractivity contribution in [1.29, 1.82) is 0 Å². The normalized spacial score (nSPS) is 27.3. The van der Waals surface area contributed by atoms with Gasteiger partial charge in [0.05, 0.1) is 0 Å². The van der Waals surface area contributed by atoms with Gasteiger partial charge in [0.15, 0.2) is 0 Å². The quantitative estimate of drug-likeness (QED) is 0.595. The van der Waals surface area contributed by atoms with Gasteiger partial charge in [-0.05, 0) is 26.2 Å². The Morgan fingerprint density at radius 3 is 2.62 bits per heavy atom. The second-order valence-corrected chi connectivity index (χ2v) is 4.32. The van der Waals surface area contributed by atoms with Gasteiger partial charge in [-0.15, -0.1) is 0 Å². The molecule has 0 spiro atoms. The lowest BCUT2D eigenvalue weighted by Gasteiger charge is -2.35. The first-order valence-corrected chi connectivity index (χ1v) is 5.55. The highest BCUT2D eigenvalue weighted by molar-refractivity contribution is 5.10. The summed E-state index contributed by atoms with van der Waals surface area (Å²) in [6, 6.07) is 0.859. The lowest BCUT2D eigenvalue weighted by Crippen LogP contribution is -2.39. The van der Waals surface area contributed by atoms with Crippen LogP contribution in [-0.4, -0.2) is 24.0 Å². The monoisotopic (exact) mass is 177 g/mol. The van der Waals surface area contributed by atoms with E-state index in [9.17, 15) is 0 Å². The van der Waals surface area contributed by atoms with Crippen LogP contribution in [-0.2, 0) is 0 Å². The maximum atomic E-state index is 5.76. The van der Waals surface area contributed by atoms with Gasteiger partial charge >= 0.3 is 0 Å². The molecule has 1 saturated carbocycles. The Balaban J connectivity index is 1.86. The first kappa shape index (κ1) is 9.26. The van der Waals surface area contributed by atoms with Gasteiger partial charge in [-0.2, -0.15) is 0 Å². The number of nitrogens with zero attached hydrogens (tertiary/aromatic N) is 1. The molecule has 1 fully saturated rings. The van der Waals surface area contributed by atoms with Crippen molar-refractivity contribution in [3.05, 3.63) is 18.6 Å². The second-order valence-electron chi connectivity index (χ2n) is 4.32. The highest BCUT2D eigenvalue weighted by Gasteiger charge is 2.21. The molecule has 0 atom stereocenters. The molecule has 72 valence electrons. The second kappa shape index (κ2) is 4.28. The van der Waals surface area contributed by atoms with Crippen molar-refractivity contribution >= 4 is 0 Å². The molecule has 0 aromatic rings. The highest BCUT2D eigenvalue weighted by atomic mass is 15.2. The Bertz CT molecular complexity index is 189. The fourth-order valence-corrected chi connectivity index (χ4v) is 2.48. The standard InChI is InChI=1S/C12H19N/c1-11-7-9-13(10-8-11)12-5-3-2-4-6-12/h1,7,12H,2-6,8-10H2. The zero-order chi connectivity index (χ0) is 9.10. The first-order chi connectivity index (χ1) is 6.36. The number of rotatable bonds is 1. The summed E-state index contributed by atoms with van der Waals surface area (Å²) in [4.78, 5) is 2.61. The molecule has 13 heavy (non-hydrogen) atoms. The minimum atomic E-state index is 0.859. The van der Waals surface area contributed by atoms with Crippen molar-refractivity contribution in [2.75, 3.05) is 13.1 Å².